The van der Waals surface area contributed by atoms with Crippen molar-refractivity contribution in [2.24, 2.45) is 0 Å². The number of rotatable bonds is 3. The number of hydrogen-bond donors (Lipinski definition) is 1. The third-order valence-corrected chi connectivity index (χ3v) is 2.67. The van der Waals surface area contributed by atoms with Gasteiger partial charge in [0, 0.05) is 17.2 Å². The average Bonchev–Trinajstić information content (AvgIpc) is 2.33. The Morgan fingerprint density at radius 2 is 2.11 bits per heavy atom. The second-order valence-corrected chi connectivity index (χ2v) is 4.26. The van der Waals surface area contributed by atoms with Crippen LogP contribution in [0.25, 0.3) is 0 Å². The van der Waals surface area contributed by atoms with Crippen LogP contribution in [0, 0.1) is 17.0 Å². The van der Waals surface area contributed by atoms with Crippen LogP contribution >= 0.6 is 11.6 Å². The summed E-state index contributed by atoms with van der Waals surface area (Å²) in [4.78, 5) is 13.8. The highest BCUT2D eigenvalue weighted by atomic mass is 35.5. The number of nitrogens with zero attached hydrogens (tertiary/aromatic N) is 2. The predicted octanol–water partition coefficient (Wildman–Crippen LogP) is 3.33. The first-order chi connectivity index (χ1) is 8.97. The molecule has 0 aliphatic heterocycles. The fourth-order valence-corrected chi connectivity index (χ4v) is 1.62. The Kier molecular flexibility index (Phi) is 3.52. The molecular formula is C12H10ClN3O3. The van der Waals surface area contributed by atoms with E-state index in [-0.39, 0.29) is 17.4 Å². The highest BCUT2D eigenvalue weighted by molar-refractivity contribution is 6.30. The molecule has 2 N–H and O–H groups in total. The van der Waals surface area contributed by atoms with E-state index >= 15 is 0 Å². The number of pyridine rings is 1. The topological polar surface area (TPSA) is 91.3 Å². The second kappa shape index (κ2) is 5.11. The van der Waals surface area contributed by atoms with Crippen molar-refractivity contribution in [3.05, 3.63) is 51.0 Å². The van der Waals surface area contributed by atoms with Crippen molar-refractivity contribution in [1.82, 2.24) is 4.98 Å². The monoisotopic (exact) mass is 279 g/mol. The third kappa shape index (κ3) is 2.92. The van der Waals surface area contributed by atoms with Crippen LogP contribution in [-0.4, -0.2) is 9.91 Å². The van der Waals surface area contributed by atoms with Gasteiger partial charge in [-0.2, -0.15) is 4.98 Å². The molecule has 0 unspecified atom stereocenters. The van der Waals surface area contributed by atoms with Gasteiger partial charge in [-0.25, -0.2) is 0 Å². The first-order valence-corrected chi connectivity index (χ1v) is 5.70. The maximum atomic E-state index is 10.6. The van der Waals surface area contributed by atoms with Gasteiger partial charge in [-0.1, -0.05) is 17.7 Å². The molecule has 0 bridgehead atoms. The van der Waals surface area contributed by atoms with E-state index in [1.807, 2.05) is 6.92 Å². The summed E-state index contributed by atoms with van der Waals surface area (Å²) in [5, 5.41) is 11.1. The molecule has 0 fully saturated rings. The number of benzene rings is 1. The van der Waals surface area contributed by atoms with Gasteiger partial charge >= 0.3 is 5.69 Å². The number of ether oxygens (including phenoxy) is 1. The summed E-state index contributed by atoms with van der Waals surface area (Å²) in [6.07, 6.45) is 0. The maximum Gasteiger partial charge on any atom is 0.311 e. The normalized spacial score (nSPS) is 10.2. The van der Waals surface area contributed by atoms with Crippen molar-refractivity contribution in [3.8, 4) is 11.6 Å². The van der Waals surface area contributed by atoms with Gasteiger partial charge in [-0.3, -0.25) is 10.1 Å². The Balaban J connectivity index is 2.31. The predicted molar refractivity (Wildman–Crippen MR) is 71.6 cm³/mol. The van der Waals surface area contributed by atoms with Crippen LogP contribution < -0.4 is 10.5 Å². The number of aryl methyl sites for hydroxylation is 1. The standard InChI is InChI=1S/C12H10ClN3O3/c1-7-2-3-8(13)6-10(7)19-11-5-4-9(16(17)18)12(14)15-11/h2-6H,1H3,(H2,14,15). The lowest BCUT2D eigenvalue weighted by Crippen LogP contribution is -2.00. The van der Waals surface area contributed by atoms with Gasteiger partial charge < -0.3 is 10.5 Å². The molecule has 0 aliphatic rings. The lowest BCUT2D eigenvalue weighted by atomic mass is 10.2. The highest BCUT2D eigenvalue weighted by Crippen LogP contribution is 2.29. The Labute approximate surface area is 113 Å². The molecule has 1 aromatic carbocycles. The SMILES string of the molecule is Cc1ccc(Cl)cc1Oc1ccc([N+](=O)[O-])c(N)n1. The molecule has 98 valence electrons. The third-order valence-electron chi connectivity index (χ3n) is 2.44. The summed E-state index contributed by atoms with van der Waals surface area (Å²) in [5.41, 5.74) is 6.09. The first-order valence-electron chi connectivity index (χ1n) is 5.32. The molecule has 0 saturated heterocycles. The molecule has 0 atom stereocenters. The first kappa shape index (κ1) is 13.1. The van der Waals surface area contributed by atoms with E-state index in [1.165, 1.54) is 12.1 Å². The molecule has 0 spiro atoms. The molecule has 1 aromatic heterocycles. The quantitative estimate of drug-likeness (QED) is 0.687. The minimum atomic E-state index is -0.600. The summed E-state index contributed by atoms with van der Waals surface area (Å²) in [5.74, 6) is 0.504. The summed E-state index contributed by atoms with van der Waals surface area (Å²) in [6, 6.07) is 7.80. The van der Waals surface area contributed by atoms with Crippen molar-refractivity contribution in [1.29, 1.82) is 0 Å². The molecule has 0 aliphatic carbocycles. The fraction of sp³-hybridized carbons (Fsp3) is 0.0833. The summed E-state index contributed by atoms with van der Waals surface area (Å²) < 4.78 is 5.51. The van der Waals surface area contributed by atoms with Crippen LogP contribution in [0.15, 0.2) is 30.3 Å². The number of hydrogen-bond acceptors (Lipinski definition) is 5. The molecule has 0 radical (unpaired) electrons. The van der Waals surface area contributed by atoms with Gasteiger partial charge in [0.05, 0.1) is 4.92 Å². The van der Waals surface area contributed by atoms with Crippen molar-refractivity contribution in [2.45, 2.75) is 6.92 Å². The van der Waals surface area contributed by atoms with E-state index in [9.17, 15) is 10.1 Å². The van der Waals surface area contributed by atoms with Gasteiger partial charge in [-0.15, -0.1) is 0 Å². The zero-order valence-electron chi connectivity index (χ0n) is 9.96. The Hall–Kier alpha value is -2.34. The van der Waals surface area contributed by atoms with E-state index < -0.39 is 4.92 Å². The maximum absolute atomic E-state index is 10.6. The molecule has 19 heavy (non-hydrogen) atoms. The van der Waals surface area contributed by atoms with Crippen LogP contribution in [-0.2, 0) is 0 Å². The number of nitrogens with two attached hydrogens (primary N) is 1. The van der Waals surface area contributed by atoms with Crippen LogP contribution in [0.5, 0.6) is 11.6 Å². The van der Waals surface area contributed by atoms with Crippen molar-refractivity contribution in [3.63, 3.8) is 0 Å². The van der Waals surface area contributed by atoms with E-state index in [4.69, 9.17) is 22.1 Å². The zero-order valence-corrected chi connectivity index (χ0v) is 10.7. The van der Waals surface area contributed by atoms with Gasteiger partial charge in [0.1, 0.15) is 5.75 Å². The van der Waals surface area contributed by atoms with Gasteiger partial charge in [-0.05, 0) is 24.6 Å². The molecule has 7 heteroatoms. The highest BCUT2D eigenvalue weighted by Gasteiger charge is 2.14. The average molecular weight is 280 g/mol. The molecule has 2 rings (SSSR count). The zero-order chi connectivity index (χ0) is 14.0. The number of halogens is 1. The summed E-state index contributed by atoms with van der Waals surface area (Å²) in [7, 11) is 0. The Bertz CT molecular complexity index is 646. The van der Waals surface area contributed by atoms with Gasteiger partial charge in [0.2, 0.25) is 11.7 Å². The van der Waals surface area contributed by atoms with Crippen molar-refractivity contribution in [2.75, 3.05) is 5.73 Å². The minimum absolute atomic E-state index is 0.175. The Morgan fingerprint density at radius 1 is 1.37 bits per heavy atom. The van der Waals surface area contributed by atoms with Gasteiger partial charge in [0.15, 0.2) is 0 Å². The van der Waals surface area contributed by atoms with Crippen molar-refractivity contribution >= 4 is 23.1 Å². The largest absolute Gasteiger partial charge is 0.439 e. The molecule has 2 aromatic rings. The van der Waals surface area contributed by atoms with Crippen LogP contribution in [0.2, 0.25) is 5.02 Å². The Morgan fingerprint density at radius 3 is 2.74 bits per heavy atom. The van der Waals surface area contributed by atoms with Crippen LogP contribution in [0.3, 0.4) is 0 Å². The van der Waals surface area contributed by atoms with Gasteiger partial charge in [0.25, 0.3) is 0 Å². The lowest BCUT2D eigenvalue weighted by molar-refractivity contribution is -0.384. The number of nitro groups is 1. The van der Waals surface area contributed by atoms with E-state index in [0.717, 1.165) is 5.56 Å². The van der Waals surface area contributed by atoms with Crippen molar-refractivity contribution < 1.29 is 9.66 Å². The lowest BCUT2D eigenvalue weighted by Gasteiger charge is -2.08. The minimum Gasteiger partial charge on any atom is -0.439 e. The van der Waals surface area contributed by atoms with E-state index in [1.54, 1.807) is 18.2 Å². The molecule has 6 nitrogen and oxygen atoms in total. The van der Waals surface area contributed by atoms with E-state index in [0.29, 0.717) is 10.8 Å². The van der Waals surface area contributed by atoms with Crippen LogP contribution in [0.1, 0.15) is 5.56 Å². The number of nitrogen functional groups attached to an aromatic ring is 1. The summed E-state index contributed by atoms with van der Waals surface area (Å²) >= 11 is 5.87. The van der Waals surface area contributed by atoms with Crippen LogP contribution in [0.4, 0.5) is 11.5 Å². The number of anilines is 1. The van der Waals surface area contributed by atoms with E-state index in [2.05, 4.69) is 4.98 Å². The number of aromatic nitrogens is 1. The molecular weight excluding hydrogens is 270 g/mol. The fourth-order valence-electron chi connectivity index (χ4n) is 1.46. The molecule has 0 saturated carbocycles. The molecule has 1 heterocycles. The molecule has 0 amide bonds. The second-order valence-electron chi connectivity index (χ2n) is 3.82. The summed E-state index contributed by atoms with van der Waals surface area (Å²) in [6.45, 7) is 1.85. The smallest absolute Gasteiger partial charge is 0.311 e.